The van der Waals surface area contributed by atoms with Crippen molar-refractivity contribution < 1.29 is 9.53 Å². The maximum absolute atomic E-state index is 12.6. The van der Waals surface area contributed by atoms with Gasteiger partial charge in [-0.2, -0.15) is 0 Å². The maximum Gasteiger partial charge on any atom is 0.228 e. The Hall–Kier alpha value is -3.08. The van der Waals surface area contributed by atoms with Gasteiger partial charge in [-0.05, 0) is 36.6 Å². The van der Waals surface area contributed by atoms with E-state index in [0.717, 1.165) is 47.0 Å². The number of imidazole rings is 1. The summed E-state index contributed by atoms with van der Waals surface area (Å²) in [7, 11) is 1.62. The average Bonchev–Trinajstić information content (AvgIpc) is 3.12. The Morgan fingerprint density at radius 1 is 1.19 bits per heavy atom. The lowest BCUT2D eigenvalue weighted by Gasteiger charge is -2.11. The predicted molar refractivity (Wildman–Crippen MR) is 106 cm³/mol. The number of nitrogens with one attached hydrogen (secondary N) is 1. The molecule has 1 aromatic heterocycles. The van der Waals surface area contributed by atoms with E-state index in [2.05, 4.69) is 16.1 Å². The van der Waals surface area contributed by atoms with E-state index in [1.807, 2.05) is 48.5 Å². The molecule has 0 saturated carbocycles. The van der Waals surface area contributed by atoms with Crippen molar-refractivity contribution in [3.63, 3.8) is 0 Å². The molecule has 0 fully saturated rings. The van der Waals surface area contributed by atoms with Crippen LogP contribution in [-0.4, -0.2) is 22.6 Å². The number of hydrogen-bond donors (Lipinski definition) is 1. The first kappa shape index (κ1) is 17.3. The lowest BCUT2D eigenvalue weighted by atomic mass is 10.1. The van der Waals surface area contributed by atoms with Gasteiger partial charge in [-0.1, -0.05) is 30.3 Å². The zero-order valence-electron chi connectivity index (χ0n) is 15.4. The third-order valence-corrected chi connectivity index (χ3v) is 4.88. The quantitative estimate of drug-likeness (QED) is 0.745. The Labute approximate surface area is 159 Å². The minimum Gasteiger partial charge on any atom is -0.497 e. The summed E-state index contributed by atoms with van der Waals surface area (Å²) in [5.41, 5.74) is 3.59. The van der Waals surface area contributed by atoms with E-state index in [1.165, 1.54) is 12.8 Å². The number of aryl methyl sites for hydroxylation is 2. The van der Waals surface area contributed by atoms with E-state index in [-0.39, 0.29) is 5.91 Å². The van der Waals surface area contributed by atoms with Crippen LogP contribution in [-0.2, 0) is 24.2 Å². The highest BCUT2D eigenvalue weighted by Gasteiger charge is 2.16. The fourth-order valence-electron chi connectivity index (χ4n) is 3.52. The molecule has 2 heterocycles. The van der Waals surface area contributed by atoms with Gasteiger partial charge < -0.3 is 14.6 Å². The number of amides is 1. The van der Waals surface area contributed by atoms with E-state index < -0.39 is 0 Å². The van der Waals surface area contributed by atoms with Crippen LogP contribution >= 0.6 is 0 Å². The molecule has 1 amide bonds. The number of carbonyl (C=O) groups is 1. The van der Waals surface area contributed by atoms with Gasteiger partial charge in [0.25, 0.3) is 0 Å². The van der Waals surface area contributed by atoms with Crippen molar-refractivity contribution in [1.29, 1.82) is 0 Å². The molecule has 0 bridgehead atoms. The average molecular weight is 361 g/mol. The van der Waals surface area contributed by atoms with Gasteiger partial charge in [0.2, 0.25) is 5.91 Å². The zero-order chi connectivity index (χ0) is 18.6. The summed E-state index contributed by atoms with van der Waals surface area (Å²) >= 11 is 0. The van der Waals surface area contributed by atoms with Crippen LogP contribution in [0.15, 0.2) is 54.7 Å². The van der Waals surface area contributed by atoms with E-state index in [1.54, 1.807) is 7.11 Å². The normalized spacial score (nSPS) is 13.1. The van der Waals surface area contributed by atoms with Crippen molar-refractivity contribution >= 4 is 11.6 Å². The second kappa shape index (κ2) is 7.66. The Kier molecular flexibility index (Phi) is 4.92. The molecule has 0 saturated heterocycles. The molecule has 0 unspecified atom stereocenters. The van der Waals surface area contributed by atoms with Gasteiger partial charge in [0, 0.05) is 24.7 Å². The van der Waals surface area contributed by atoms with Crippen LogP contribution < -0.4 is 10.1 Å². The molecule has 0 atom stereocenters. The molecule has 5 heteroatoms. The number of para-hydroxylation sites is 1. The Morgan fingerprint density at radius 2 is 2.07 bits per heavy atom. The smallest absolute Gasteiger partial charge is 0.228 e. The van der Waals surface area contributed by atoms with Crippen LogP contribution in [0.4, 0.5) is 5.69 Å². The topological polar surface area (TPSA) is 56.1 Å². The Morgan fingerprint density at radius 3 is 2.93 bits per heavy atom. The van der Waals surface area contributed by atoms with Crippen molar-refractivity contribution in [2.45, 2.75) is 32.2 Å². The number of methoxy groups -OCH3 is 1. The van der Waals surface area contributed by atoms with Gasteiger partial charge in [0.1, 0.15) is 11.6 Å². The van der Waals surface area contributed by atoms with Crippen LogP contribution in [0.25, 0.3) is 11.3 Å². The minimum atomic E-state index is -0.0559. The molecule has 1 aliphatic rings. The van der Waals surface area contributed by atoms with Crippen molar-refractivity contribution in [1.82, 2.24) is 9.55 Å². The number of hydrogen-bond acceptors (Lipinski definition) is 3. The van der Waals surface area contributed by atoms with Gasteiger partial charge >= 0.3 is 0 Å². The second-order valence-corrected chi connectivity index (χ2v) is 6.81. The Balaban J connectivity index is 1.54. The second-order valence-electron chi connectivity index (χ2n) is 6.81. The van der Waals surface area contributed by atoms with Gasteiger partial charge in [-0.3, -0.25) is 4.79 Å². The molecule has 27 heavy (non-hydrogen) atoms. The molecule has 5 nitrogen and oxygen atoms in total. The number of anilines is 1. The summed E-state index contributed by atoms with van der Waals surface area (Å²) in [6, 6.07) is 15.4. The summed E-state index contributed by atoms with van der Waals surface area (Å²) in [6.07, 6.45) is 5.80. The van der Waals surface area contributed by atoms with Gasteiger partial charge in [-0.15, -0.1) is 0 Å². The SMILES string of the molecule is COc1cccc(CC(=O)Nc2ccccc2-c2cn3c(n2)CCCC3)c1. The van der Waals surface area contributed by atoms with Gasteiger partial charge in [0.15, 0.2) is 0 Å². The number of rotatable bonds is 5. The van der Waals surface area contributed by atoms with Crippen LogP contribution in [0.2, 0.25) is 0 Å². The number of benzene rings is 2. The highest BCUT2D eigenvalue weighted by atomic mass is 16.5. The molecule has 2 aromatic carbocycles. The summed E-state index contributed by atoms with van der Waals surface area (Å²) in [4.78, 5) is 17.4. The van der Waals surface area contributed by atoms with Crippen molar-refractivity contribution in [3.8, 4) is 17.0 Å². The third kappa shape index (κ3) is 3.87. The monoisotopic (exact) mass is 361 g/mol. The lowest BCUT2D eigenvalue weighted by molar-refractivity contribution is -0.115. The first-order valence-electron chi connectivity index (χ1n) is 9.31. The molecular weight excluding hydrogens is 338 g/mol. The largest absolute Gasteiger partial charge is 0.497 e. The van der Waals surface area contributed by atoms with Crippen molar-refractivity contribution in [3.05, 3.63) is 66.1 Å². The number of ether oxygens (including phenoxy) is 1. The van der Waals surface area contributed by atoms with Crippen molar-refractivity contribution in [2.75, 3.05) is 12.4 Å². The Bertz CT molecular complexity index is 938. The van der Waals surface area contributed by atoms with Gasteiger partial charge in [0.05, 0.1) is 24.9 Å². The number of fused-ring (bicyclic) bond motifs is 1. The van der Waals surface area contributed by atoms with Crippen LogP contribution in [0.5, 0.6) is 5.75 Å². The fraction of sp³-hybridized carbons (Fsp3) is 0.273. The number of nitrogens with zero attached hydrogens (tertiary/aromatic N) is 2. The molecular formula is C22H23N3O2. The zero-order valence-corrected chi connectivity index (χ0v) is 15.4. The third-order valence-electron chi connectivity index (χ3n) is 4.88. The summed E-state index contributed by atoms with van der Waals surface area (Å²) < 4.78 is 7.46. The van der Waals surface area contributed by atoms with E-state index >= 15 is 0 Å². The molecule has 4 rings (SSSR count). The highest BCUT2D eigenvalue weighted by Crippen LogP contribution is 2.29. The van der Waals surface area contributed by atoms with E-state index in [0.29, 0.717) is 6.42 Å². The lowest BCUT2D eigenvalue weighted by Crippen LogP contribution is -2.15. The van der Waals surface area contributed by atoms with Crippen LogP contribution in [0.1, 0.15) is 24.2 Å². The minimum absolute atomic E-state index is 0.0559. The molecule has 0 spiro atoms. The summed E-state index contributed by atoms with van der Waals surface area (Å²) in [6.45, 7) is 1.02. The first-order chi connectivity index (χ1) is 13.2. The first-order valence-corrected chi connectivity index (χ1v) is 9.31. The predicted octanol–water partition coefficient (Wildman–Crippen LogP) is 4.08. The molecule has 1 N–H and O–H groups in total. The highest BCUT2D eigenvalue weighted by molar-refractivity contribution is 5.96. The van der Waals surface area contributed by atoms with E-state index in [9.17, 15) is 4.79 Å². The number of carbonyl (C=O) groups excluding carboxylic acids is 1. The molecule has 0 radical (unpaired) electrons. The fourth-order valence-corrected chi connectivity index (χ4v) is 3.52. The van der Waals surface area contributed by atoms with Crippen molar-refractivity contribution in [2.24, 2.45) is 0 Å². The molecule has 3 aromatic rings. The van der Waals surface area contributed by atoms with Crippen LogP contribution in [0, 0.1) is 0 Å². The summed E-state index contributed by atoms with van der Waals surface area (Å²) in [5.74, 6) is 1.83. The van der Waals surface area contributed by atoms with Crippen LogP contribution in [0.3, 0.4) is 0 Å². The molecule has 1 aliphatic heterocycles. The molecule has 0 aliphatic carbocycles. The maximum atomic E-state index is 12.6. The number of aromatic nitrogens is 2. The molecule has 138 valence electrons. The standard InChI is InChI=1S/C22H23N3O2/c1-27-17-8-6-7-16(13-17)14-22(26)24-19-10-3-2-9-18(19)20-15-25-12-5-4-11-21(25)23-20/h2-3,6-10,13,15H,4-5,11-12,14H2,1H3,(H,24,26). The summed E-state index contributed by atoms with van der Waals surface area (Å²) in [5, 5.41) is 3.05. The van der Waals surface area contributed by atoms with Gasteiger partial charge in [-0.25, -0.2) is 4.98 Å². The van der Waals surface area contributed by atoms with E-state index in [4.69, 9.17) is 9.72 Å².